The van der Waals surface area contributed by atoms with Gasteiger partial charge in [0.05, 0.1) is 11.8 Å². The average molecular weight is 491 g/mol. The van der Waals surface area contributed by atoms with E-state index in [0.717, 1.165) is 41.7 Å². The minimum Gasteiger partial charge on any atom is -0.481 e. The van der Waals surface area contributed by atoms with E-state index in [1.807, 2.05) is 30.3 Å². The van der Waals surface area contributed by atoms with E-state index < -0.39 is 17.9 Å². The van der Waals surface area contributed by atoms with Crippen LogP contribution in [0.5, 0.6) is 5.75 Å². The summed E-state index contributed by atoms with van der Waals surface area (Å²) in [4.78, 5) is 38.2. The molecule has 0 radical (unpaired) electrons. The van der Waals surface area contributed by atoms with Crippen molar-refractivity contribution in [3.63, 3.8) is 0 Å². The van der Waals surface area contributed by atoms with Crippen LogP contribution in [-0.4, -0.2) is 30.0 Å². The number of anilines is 1. The molecule has 0 saturated heterocycles. The van der Waals surface area contributed by atoms with Crippen molar-refractivity contribution in [2.75, 3.05) is 5.32 Å². The maximum atomic E-state index is 12.8. The number of aryl methyl sites for hydroxylation is 1. The summed E-state index contributed by atoms with van der Waals surface area (Å²) >= 11 is 1.42. The van der Waals surface area contributed by atoms with Crippen molar-refractivity contribution in [1.29, 1.82) is 0 Å². The molecule has 1 aromatic heterocycles. The van der Waals surface area contributed by atoms with Gasteiger partial charge in [-0.05, 0) is 68.0 Å². The number of carbonyl (C=O) groups is 3. The molecule has 3 aromatic rings. The SMILES string of the molecule is C[C@@H](Oc1ccc(C(=O)Nc2sc3c(c2C(N)=O)CCCC3)cc1)C(=O)N/N=C\c1ccccc1. The second kappa shape index (κ2) is 11.0. The minimum absolute atomic E-state index is 0.348. The van der Waals surface area contributed by atoms with E-state index >= 15 is 0 Å². The molecule has 0 unspecified atom stereocenters. The van der Waals surface area contributed by atoms with Crippen molar-refractivity contribution in [3.8, 4) is 5.75 Å². The molecule has 0 fully saturated rings. The zero-order chi connectivity index (χ0) is 24.8. The first-order valence-electron chi connectivity index (χ1n) is 11.3. The lowest BCUT2D eigenvalue weighted by atomic mass is 9.95. The number of nitrogens with two attached hydrogens (primary N) is 1. The van der Waals surface area contributed by atoms with Crippen molar-refractivity contribution in [2.45, 2.75) is 38.7 Å². The highest BCUT2D eigenvalue weighted by molar-refractivity contribution is 7.17. The van der Waals surface area contributed by atoms with Crippen molar-refractivity contribution in [1.82, 2.24) is 5.43 Å². The Morgan fingerprint density at radius 1 is 1.06 bits per heavy atom. The summed E-state index contributed by atoms with van der Waals surface area (Å²) in [5.74, 6) is -0.845. The Balaban J connectivity index is 1.35. The van der Waals surface area contributed by atoms with Gasteiger partial charge in [0.15, 0.2) is 6.10 Å². The van der Waals surface area contributed by atoms with Gasteiger partial charge in [-0.1, -0.05) is 30.3 Å². The number of nitrogens with zero attached hydrogens (tertiary/aromatic N) is 1. The molecule has 180 valence electrons. The Morgan fingerprint density at radius 3 is 2.49 bits per heavy atom. The van der Waals surface area contributed by atoms with Crippen LogP contribution < -0.4 is 21.2 Å². The Hall–Kier alpha value is -3.98. The highest BCUT2D eigenvalue weighted by atomic mass is 32.1. The normalized spacial score (nSPS) is 13.6. The number of rotatable bonds is 8. The summed E-state index contributed by atoms with van der Waals surface area (Å²) in [5.41, 5.74) is 10.7. The standard InChI is InChI=1S/C26H26N4O4S/c1-16(24(32)30-28-15-17-7-3-2-4-8-17)34-19-13-11-18(12-14-19)25(33)29-26-22(23(27)31)20-9-5-6-10-21(20)35-26/h2-4,7-8,11-16H,5-6,9-10H2,1H3,(H2,27,31)(H,29,33)(H,30,32)/b28-15-/t16-/m1/s1. The molecule has 0 saturated carbocycles. The largest absolute Gasteiger partial charge is 0.481 e. The monoisotopic (exact) mass is 490 g/mol. The third kappa shape index (κ3) is 5.93. The van der Waals surface area contributed by atoms with Gasteiger partial charge in [-0.15, -0.1) is 11.3 Å². The molecule has 2 aromatic carbocycles. The second-order valence-corrected chi connectivity index (χ2v) is 9.27. The zero-order valence-corrected chi connectivity index (χ0v) is 20.1. The fraction of sp³-hybridized carbons (Fsp3) is 0.231. The van der Waals surface area contributed by atoms with Gasteiger partial charge in [-0.25, -0.2) is 5.43 Å². The maximum absolute atomic E-state index is 12.8. The average Bonchev–Trinajstić information content (AvgIpc) is 3.23. The van der Waals surface area contributed by atoms with Crippen LogP contribution in [0.2, 0.25) is 0 Å². The molecule has 1 aliphatic rings. The lowest BCUT2D eigenvalue weighted by molar-refractivity contribution is -0.127. The first-order valence-corrected chi connectivity index (χ1v) is 12.1. The van der Waals surface area contributed by atoms with Gasteiger partial charge in [0.25, 0.3) is 17.7 Å². The van der Waals surface area contributed by atoms with Crippen LogP contribution in [0.25, 0.3) is 0 Å². The van der Waals surface area contributed by atoms with Crippen molar-refractivity contribution >= 4 is 40.3 Å². The van der Waals surface area contributed by atoms with Gasteiger partial charge in [0.1, 0.15) is 10.8 Å². The van der Waals surface area contributed by atoms with Crippen LogP contribution >= 0.6 is 11.3 Å². The summed E-state index contributed by atoms with van der Waals surface area (Å²) in [6.45, 7) is 1.61. The van der Waals surface area contributed by atoms with Gasteiger partial charge in [0, 0.05) is 10.4 Å². The molecule has 8 nitrogen and oxygen atoms in total. The number of carbonyl (C=O) groups excluding carboxylic acids is 3. The van der Waals surface area contributed by atoms with Crippen molar-refractivity contribution < 1.29 is 19.1 Å². The molecular formula is C26H26N4O4S. The summed E-state index contributed by atoms with van der Waals surface area (Å²) in [6, 6.07) is 15.8. The second-order valence-electron chi connectivity index (χ2n) is 8.16. The van der Waals surface area contributed by atoms with Crippen LogP contribution in [-0.2, 0) is 17.6 Å². The van der Waals surface area contributed by atoms with E-state index in [9.17, 15) is 14.4 Å². The van der Waals surface area contributed by atoms with Gasteiger partial charge in [-0.2, -0.15) is 5.10 Å². The van der Waals surface area contributed by atoms with E-state index in [1.54, 1.807) is 37.4 Å². The molecule has 0 bridgehead atoms. The third-order valence-corrected chi connectivity index (χ3v) is 6.84. The Bertz CT molecular complexity index is 1250. The first-order chi connectivity index (χ1) is 16.9. The molecule has 0 spiro atoms. The summed E-state index contributed by atoms with van der Waals surface area (Å²) in [7, 11) is 0. The van der Waals surface area contributed by atoms with Crippen molar-refractivity contribution in [2.24, 2.45) is 10.8 Å². The van der Waals surface area contributed by atoms with E-state index in [-0.39, 0.29) is 5.91 Å². The van der Waals surface area contributed by atoms with E-state index in [0.29, 0.717) is 21.9 Å². The van der Waals surface area contributed by atoms with Gasteiger partial charge < -0.3 is 15.8 Å². The van der Waals surface area contributed by atoms with Crippen molar-refractivity contribution in [3.05, 3.63) is 81.7 Å². The number of ether oxygens (including phenoxy) is 1. The highest BCUT2D eigenvalue weighted by Crippen LogP contribution is 2.38. The molecule has 35 heavy (non-hydrogen) atoms. The number of amides is 3. The maximum Gasteiger partial charge on any atom is 0.280 e. The van der Waals surface area contributed by atoms with E-state index in [1.165, 1.54) is 11.3 Å². The number of primary amides is 1. The highest BCUT2D eigenvalue weighted by Gasteiger charge is 2.25. The summed E-state index contributed by atoms with van der Waals surface area (Å²) < 4.78 is 5.66. The first kappa shape index (κ1) is 24.2. The molecule has 0 aliphatic heterocycles. The number of hydrogen-bond acceptors (Lipinski definition) is 6. The summed E-state index contributed by atoms with van der Waals surface area (Å²) in [6.07, 6.45) is 4.52. The number of benzene rings is 2. The molecule has 9 heteroatoms. The lowest BCUT2D eigenvalue weighted by Gasteiger charge is -2.13. The van der Waals surface area contributed by atoms with E-state index in [2.05, 4.69) is 15.8 Å². The molecule has 4 N–H and O–H groups in total. The van der Waals surface area contributed by atoms with Crippen LogP contribution in [0.3, 0.4) is 0 Å². The molecular weight excluding hydrogens is 464 g/mol. The summed E-state index contributed by atoms with van der Waals surface area (Å²) in [5, 5.41) is 7.27. The van der Waals surface area contributed by atoms with Crippen LogP contribution in [0, 0.1) is 0 Å². The fourth-order valence-electron chi connectivity index (χ4n) is 3.83. The molecule has 1 atom stereocenters. The predicted octanol–water partition coefficient (Wildman–Crippen LogP) is 3.90. The lowest BCUT2D eigenvalue weighted by Crippen LogP contribution is -2.33. The van der Waals surface area contributed by atoms with Crippen LogP contribution in [0.1, 0.15) is 56.5 Å². The fourth-order valence-corrected chi connectivity index (χ4v) is 5.12. The van der Waals surface area contributed by atoms with Gasteiger partial charge in [-0.3, -0.25) is 14.4 Å². The minimum atomic E-state index is -0.793. The topological polar surface area (TPSA) is 123 Å². The zero-order valence-electron chi connectivity index (χ0n) is 19.2. The smallest absolute Gasteiger partial charge is 0.280 e. The quantitative estimate of drug-likeness (QED) is 0.327. The van der Waals surface area contributed by atoms with Gasteiger partial charge in [0.2, 0.25) is 0 Å². The molecule has 1 heterocycles. The van der Waals surface area contributed by atoms with Crippen LogP contribution in [0.4, 0.5) is 5.00 Å². The Kier molecular flexibility index (Phi) is 7.57. The molecule has 4 rings (SSSR count). The number of fused-ring (bicyclic) bond motifs is 1. The Labute approximate surface area is 207 Å². The molecule has 3 amide bonds. The number of hydrogen-bond donors (Lipinski definition) is 3. The Morgan fingerprint density at radius 2 is 1.77 bits per heavy atom. The number of hydrazone groups is 1. The van der Waals surface area contributed by atoms with Crippen LogP contribution in [0.15, 0.2) is 59.7 Å². The van der Waals surface area contributed by atoms with Gasteiger partial charge >= 0.3 is 0 Å². The third-order valence-electron chi connectivity index (χ3n) is 5.63. The predicted molar refractivity (Wildman–Crippen MR) is 136 cm³/mol. The van der Waals surface area contributed by atoms with E-state index in [4.69, 9.17) is 10.5 Å². The number of thiophene rings is 1. The molecule has 1 aliphatic carbocycles. The number of nitrogens with one attached hydrogen (secondary N) is 2.